The Bertz CT molecular complexity index is 209. The number of thiophene rings is 1. The minimum atomic E-state index is -0.159. The van der Waals surface area contributed by atoms with Gasteiger partial charge in [0.25, 0.3) is 0 Å². The van der Waals surface area contributed by atoms with Crippen LogP contribution < -0.4 is 0 Å². The molecule has 0 spiro atoms. The van der Waals surface area contributed by atoms with Crippen molar-refractivity contribution in [3.05, 3.63) is 22.4 Å². The van der Waals surface area contributed by atoms with Gasteiger partial charge in [0.2, 0.25) is 0 Å². The Morgan fingerprint density at radius 2 is 2.46 bits per heavy atom. The lowest BCUT2D eigenvalue weighted by atomic mass is 10.1. The van der Waals surface area contributed by atoms with Crippen molar-refractivity contribution in [1.82, 2.24) is 0 Å². The van der Waals surface area contributed by atoms with Crippen molar-refractivity contribution in [2.24, 2.45) is 0 Å². The molecule has 3 heteroatoms. The van der Waals surface area contributed by atoms with Gasteiger partial charge in [-0.3, -0.25) is 0 Å². The highest BCUT2D eigenvalue weighted by Gasteiger charge is 2.04. The van der Waals surface area contributed by atoms with E-state index in [-0.39, 0.29) is 6.10 Å². The van der Waals surface area contributed by atoms with E-state index in [1.54, 1.807) is 11.3 Å². The largest absolute Gasteiger partial charge is 0.393 e. The van der Waals surface area contributed by atoms with Gasteiger partial charge in [0, 0.05) is 0 Å². The lowest BCUT2D eigenvalue weighted by Crippen LogP contribution is -2.10. The standard InChI is InChI=1S/C10H16OS2/c1-2-12-6-4-10(11)7-9-3-5-13-8-9/h3,5,8,10-11H,2,4,6-7H2,1H3. The number of aliphatic hydroxyl groups excluding tert-OH is 1. The van der Waals surface area contributed by atoms with E-state index >= 15 is 0 Å². The van der Waals surface area contributed by atoms with Crippen LogP contribution in [-0.2, 0) is 6.42 Å². The second-order valence-corrected chi connectivity index (χ2v) is 5.15. The highest BCUT2D eigenvalue weighted by Crippen LogP contribution is 2.12. The molecule has 1 N–H and O–H groups in total. The van der Waals surface area contributed by atoms with Gasteiger partial charge in [-0.05, 0) is 46.7 Å². The van der Waals surface area contributed by atoms with Crippen LogP contribution in [0.3, 0.4) is 0 Å². The molecule has 0 amide bonds. The predicted octanol–water partition coefficient (Wildman–Crippen LogP) is 2.79. The van der Waals surface area contributed by atoms with Gasteiger partial charge in [0.15, 0.2) is 0 Å². The molecule has 0 saturated carbocycles. The first-order valence-corrected chi connectivity index (χ1v) is 6.69. The summed E-state index contributed by atoms with van der Waals surface area (Å²) in [5.41, 5.74) is 1.26. The third-order valence-electron chi connectivity index (χ3n) is 1.85. The maximum absolute atomic E-state index is 9.64. The Kier molecular flexibility index (Phi) is 5.51. The fourth-order valence-electron chi connectivity index (χ4n) is 1.15. The summed E-state index contributed by atoms with van der Waals surface area (Å²) in [6, 6.07) is 2.08. The molecule has 1 atom stereocenters. The Labute approximate surface area is 88.2 Å². The molecule has 0 aliphatic heterocycles. The molecule has 0 aromatic carbocycles. The molecule has 1 heterocycles. The van der Waals surface area contributed by atoms with Gasteiger partial charge in [0.1, 0.15) is 0 Å². The van der Waals surface area contributed by atoms with Crippen LogP contribution in [0.25, 0.3) is 0 Å². The molecule has 74 valence electrons. The minimum Gasteiger partial charge on any atom is -0.393 e. The number of rotatable bonds is 6. The van der Waals surface area contributed by atoms with Crippen LogP contribution in [0.1, 0.15) is 18.9 Å². The molecule has 0 aliphatic carbocycles. The molecule has 1 aromatic rings. The van der Waals surface area contributed by atoms with Crippen molar-refractivity contribution in [2.45, 2.75) is 25.9 Å². The summed E-state index contributed by atoms with van der Waals surface area (Å²) in [6.07, 6.45) is 1.57. The monoisotopic (exact) mass is 216 g/mol. The first kappa shape index (κ1) is 11.1. The molecule has 1 nitrogen and oxygen atoms in total. The smallest absolute Gasteiger partial charge is 0.0588 e. The summed E-state index contributed by atoms with van der Waals surface area (Å²) < 4.78 is 0. The van der Waals surface area contributed by atoms with E-state index in [4.69, 9.17) is 0 Å². The van der Waals surface area contributed by atoms with Crippen LogP contribution in [0.2, 0.25) is 0 Å². The van der Waals surface area contributed by atoms with Gasteiger partial charge in [-0.15, -0.1) is 0 Å². The molecule has 1 aromatic heterocycles. The normalized spacial score (nSPS) is 13.1. The van der Waals surface area contributed by atoms with Crippen LogP contribution in [0.15, 0.2) is 16.8 Å². The minimum absolute atomic E-state index is 0.159. The quantitative estimate of drug-likeness (QED) is 0.738. The van der Waals surface area contributed by atoms with E-state index in [2.05, 4.69) is 23.8 Å². The van der Waals surface area contributed by atoms with Gasteiger partial charge in [-0.1, -0.05) is 6.92 Å². The Balaban J connectivity index is 2.14. The van der Waals surface area contributed by atoms with Crippen LogP contribution >= 0.6 is 23.1 Å². The molecule has 0 aliphatic rings. The zero-order valence-electron chi connectivity index (χ0n) is 7.90. The number of hydrogen-bond acceptors (Lipinski definition) is 3. The van der Waals surface area contributed by atoms with Crippen molar-refractivity contribution in [3.63, 3.8) is 0 Å². The predicted molar refractivity (Wildman–Crippen MR) is 61.6 cm³/mol. The van der Waals surface area contributed by atoms with E-state index in [0.717, 1.165) is 24.3 Å². The fourth-order valence-corrected chi connectivity index (χ4v) is 2.56. The van der Waals surface area contributed by atoms with Gasteiger partial charge in [-0.2, -0.15) is 23.1 Å². The Morgan fingerprint density at radius 1 is 1.62 bits per heavy atom. The van der Waals surface area contributed by atoms with Crippen LogP contribution in [0, 0.1) is 0 Å². The summed E-state index contributed by atoms with van der Waals surface area (Å²) in [4.78, 5) is 0. The Hall–Kier alpha value is 0.01000. The molecule has 0 bridgehead atoms. The van der Waals surface area contributed by atoms with Crippen molar-refractivity contribution in [3.8, 4) is 0 Å². The van der Waals surface area contributed by atoms with Crippen molar-refractivity contribution in [2.75, 3.05) is 11.5 Å². The van der Waals surface area contributed by atoms with Gasteiger partial charge in [0.05, 0.1) is 6.10 Å². The fraction of sp³-hybridized carbons (Fsp3) is 0.600. The van der Waals surface area contributed by atoms with Crippen LogP contribution in [0.4, 0.5) is 0 Å². The number of thioether (sulfide) groups is 1. The highest BCUT2D eigenvalue weighted by atomic mass is 32.2. The van der Waals surface area contributed by atoms with Gasteiger partial charge >= 0.3 is 0 Å². The van der Waals surface area contributed by atoms with E-state index < -0.39 is 0 Å². The first-order valence-electron chi connectivity index (χ1n) is 4.59. The SMILES string of the molecule is CCSCCC(O)Cc1ccsc1. The average Bonchev–Trinajstić information content (AvgIpc) is 2.57. The molecular formula is C10H16OS2. The highest BCUT2D eigenvalue weighted by molar-refractivity contribution is 7.99. The zero-order valence-corrected chi connectivity index (χ0v) is 9.53. The van der Waals surface area contributed by atoms with E-state index in [1.165, 1.54) is 5.56 Å². The third kappa shape index (κ3) is 4.69. The second-order valence-electron chi connectivity index (χ2n) is 2.98. The Morgan fingerprint density at radius 3 is 3.08 bits per heavy atom. The van der Waals surface area contributed by atoms with Crippen molar-refractivity contribution < 1.29 is 5.11 Å². The zero-order chi connectivity index (χ0) is 9.52. The average molecular weight is 216 g/mol. The van der Waals surface area contributed by atoms with E-state index in [1.807, 2.05) is 11.8 Å². The molecule has 13 heavy (non-hydrogen) atoms. The van der Waals surface area contributed by atoms with Crippen molar-refractivity contribution >= 4 is 23.1 Å². The van der Waals surface area contributed by atoms with Gasteiger partial charge < -0.3 is 5.11 Å². The van der Waals surface area contributed by atoms with Gasteiger partial charge in [-0.25, -0.2) is 0 Å². The third-order valence-corrected chi connectivity index (χ3v) is 3.52. The maximum Gasteiger partial charge on any atom is 0.0588 e. The summed E-state index contributed by atoms with van der Waals surface area (Å²) >= 11 is 3.59. The lowest BCUT2D eigenvalue weighted by molar-refractivity contribution is 0.172. The molecule has 1 rings (SSSR count). The van der Waals surface area contributed by atoms with Crippen LogP contribution in [-0.4, -0.2) is 22.7 Å². The second kappa shape index (κ2) is 6.46. The van der Waals surface area contributed by atoms with Crippen molar-refractivity contribution in [1.29, 1.82) is 0 Å². The molecule has 0 radical (unpaired) electrons. The topological polar surface area (TPSA) is 20.2 Å². The van der Waals surface area contributed by atoms with E-state index in [0.29, 0.717) is 0 Å². The molecule has 0 saturated heterocycles. The lowest BCUT2D eigenvalue weighted by Gasteiger charge is -2.08. The number of aliphatic hydroxyl groups is 1. The summed E-state index contributed by atoms with van der Waals surface area (Å²) in [6.45, 7) is 2.15. The van der Waals surface area contributed by atoms with Crippen LogP contribution in [0.5, 0.6) is 0 Å². The summed E-state index contributed by atoms with van der Waals surface area (Å²) in [7, 11) is 0. The molecule has 0 fully saturated rings. The molecule has 1 unspecified atom stereocenters. The first-order chi connectivity index (χ1) is 6.33. The number of hydrogen-bond donors (Lipinski definition) is 1. The summed E-state index contributed by atoms with van der Waals surface area (Å²) in [5.74, 6) is 2.22. The molecular weight excluding hydrogens is 200 g/mol. The summed E-state index contributed by atoms with van der Waals surface area (Å²) in [5, 5.41) is 13.8. The maximum atomic E-state index is 9.64. The van der Waals surface area contributed by atoms with E-state index in [9.17, 15) is 5.11 Å².